The topological polar surface area (TPSA) is 106 Å². The number of nitrogen functional groups attached to an aromatic ring is 1. The Morgan fingerprint density at radius 2 is 2.22 bits per heavy atom. The maximum Gasteiger partial charge on any atom is 0.335 e. The van der Waals surface area contributed by atoms with Gasteiger partial charge >= 0.3 is 5.69 Å². The molecule has 4 N–H and O–H groups in total. The van der Waals surface area contributed by atoms with Crippen molar-refractivity contribution in [2.24, 2.45) is 0 Å². The molecule has 7 nitrogen and oxygen atoms in total. The molecule has 98 valence electrons. The monoisotopic (exact) mass is 271 g/mol. The van der Waals surface area contributed by atoms with E-state index in [9.17, 15) is 10.1 Å². The van der Waals surface area contributed by atoms with Crippen molar-refractivity contribution in [2.75, 3.05) is 24.1 Å². The third kappa shape index (κ3) is 2.62. The molecule has 0 aromatic carbocycles. The highest BCUT2D eigenvalue weighted by Gasteiger charge is 2.25. The van der Waals surface area contributed by atoms with Crippen molar-refractivity contribution in [3.05, 3.63) is 21.3 Å². The van der Waals surface area contributed by atoms with E-state index in [2.05, 4.69) is 15.6 Å². The summed E-state index contributed by atoms with van der Waals surface area (Å²) in [4.78, 5) is 14.2. The lowest BCUT2D eigenvalue weighted by Gasteiger charge is -2.24. The maximum atomic E-state index is 11.0. The first-order chi connectivity index (χ1) is 8.59. The number of halogens is 1. The summed E-state index contributed by atoms with van der Waals surface area (Å²) in [7, 11) is 0. The Hall–Kier alpha value is -1.60. The largest absolute Gasteiger partial charge is 0.378 e. The predicted molar refractivity (Wildman–Crippen MR) is 69.8 cm³/mol. The summed E-state index contributed by atoms with van der Waals surface area (Å²) in [6, 6.07) is 0.157. The van der Waals surface area contributed by atoms with E-state index < -0.39 is 4.92 Å². The molecule has 1 fully saturated rings. The number of anilines is 2. The average molecular weight is 272 g/mol. The van der Waals surface area contributed by atoms with E-state index in [1.807, 2.05) is 0 Å². The fraction of sp³-hybridized carbons (Fsp3) is 0.500. The molecule has 2 heterocycles. The highest BCUT2D eigenvalue weighted by molar-refractivity contribution is 6.33. The van der Waals surface area contributed by atoms with Gasteiger partial charge in [0.2, 0.25) is 5.82 Å². The van der Waals surface area contributed by atoms with Crippen LogP contribution in [0.3, 0.4) is 0 Å². The molecule has 0 atom stereocenters. The molecular weight excluding hydrogens is 258 g/mol. The molecule has 0 spiro atoms. The summed E-state index contributed by atoms with van der Waals surface area (Å²) in [5.41, 5.74) is 5.55. The zero-order chi connectivity index (χ0) is 13.1. The minimum absolute atomic E-state index is 0.124. The average Bonchev–Trinajstić information content (AvgIpc) is 2.35. The summed E-state index contributed by atoms with van der Waals surface area (Å²) in [6.45, 7) is 1.76. The van der Waals surface area contributed by atoms with Crippen LogP contribution in [0.4, 0.5) is 17.2 Å². The van der Waals surface area contributed by atoms with Crippen LogP contribution in [0.25, 0.3) is 0 Å². The molecular formula is C10H14ClN5O2. The number of pyridine rings is 1. The molecule has 2 rings (SSSR count). The molecule has 1 aliphatic heterocycles. The van der Waals surface area contributed by atoms with Crippen LogP contribution in [0, 0.1) is 10.1 Å². The van der Waals surface area contributed by atoms with Crippen molar-refractivity contribution in [1.82, 2.24) is 10.3 Å². The van der Waals surface area contributed by atoms with Crippen LogP contribution in [-0.4, -0.2) is 29.0 Å². The van der Waals surface area contributed by atoms with Gasteiger partial charge in [0.25, 0.3) is 0 Å². The lowest BCUT2D eigenvalue weighted by Crippen LogP contribution is -2.35. The van der Waals surface area contributed by atoms with Crippen molar-refractivity contribution in [1.29, 1.82) is 0 Å². The minimum Gasteiger partial charge on any atom is -0.378 e. The third-order valence-electron chi connectivity index (χ3n) is 2.91. The summed E-state index contributed by atoms with van der Waals surface area (Å²) in [5.74, 6) is -0.124. The number of nitro groups is 1. The van der Waals surface area contributed by atoms with Crippen molar-refractivity contribution in [3.63, 3.8) is 0 Å². The Morgan fingerprint density at radius 3 is 2.83 bits per heavy atom. The highest BCUT2D eigenvalue weighted by Crippen LogP contribution is 2.36. The Morgan fingerprint density at radius 1 is 1.56 bits per heavy atom. The molecule has 1 aromatic heterocycles. The van der Waals surface area contributed by atoms with Crippen LogP contribution >= 0.6 is 11.6 Å². The molecule has 1 saturated heterocycles. The van der Waals surface area contributed by atoms with Gasteiger partial charge in [-0.1, -0.05) is 11.6 Å². The number of piperidine rings is 1. The van der Waals surface area contributed by atoms with E-state index in [0.717, 1.165) is 25.9 Å². The fourth-order valence-electron chi connectivity index (χ4n) is 1.99. The van der Waals surface area contributed by atoms with Gasteiger partial charge in [0.05, 0.1) is 16.1 Å². The second-order valence-corrected chi connectivity index (χ2v) is 4.55. The molecule has 8 heteroatoms. The zero-order valence-corrected chi connectivity index (χ0v) is 10.4. The van der Waals surface area contributed by atoms with Gasteiger partial charge in [-0.15, -0.1) is 0 Å². The molecule has 1 aliphatic rings. The van der Waals surface area contributed by atoms with Gasteiger partial charge in [0.1, 0.15) is 5.69 Å². The first kappa shape index (κ1) is 12.8. The van der Waals surface area contributed by atoms with Crippen molar-refractivity contribution in [2.45, 2.75) is 18.9 Å². The van der Waals surface area contributed by atoms with Gasteiger partial charge in [-0.3, -0.25) is 10.1 Å². The van der Waals surface area contributed by atoms with Crippen LogP contribution in [0.2, 0.25) is 5.02 Å². The molecule has 0 bridgehead atoms. The zero-order valence-electron chi connectivity index (χ0n) is 9.65. The summed E-state index contributed by atoms with van der Waals surface area (Å²) < 4.78 is 0. The van der Waals surface area contributed by atoms with Crippen LogP contribution in [0.5, 0.6) is 0 Å². The van der Waals surface area contributed by atoms with E-state index >= 15 is 0 Å². The number of hydrogen-bond acceptors (Lipinski definition) is 6. The smallest absolute Gasteiger partial charge is 0.335 e. The molecule has 0 unspecified atom stereocenters. The Labute approximate surface area is 109 Å². The molecule has 0 aliphatic carbocycles. The van der Waals surface area contributed by atoms with Crippen molar-refractivity contribution < 1.29 is 4.92 Å². The second kappa shape index (κ2) is 5.36. The van der Waals surface area contributed by atoms with Gasteiger partial charge in [-0.25, -0.2) is 4.98 Å². The standard InChI is InChI=1S/C10H14ClN5O2/c11-7-5-14-10(12)9(16(17)18)8(7)15-6-1-3-13-4-2-6/h5-6,13H,1-4H2,(H3,12,14,15). The maximum absolute atomic E-state index is 11.0. The molecule has 18 heavy (non-hydrogen) atoms. The highest BCUT2D eigenvalue weighted by atomic mass is 35.5. The van der Waals surface area contributed by atoms with E-state index in [0.29, 0.717) is 0 Å². The molecule has 1 aromatic rings. The Bertz CT molecular complexity index is 462. The fourth-order valence-corrected chi connectivity index (χ4v) is 2.18. The SMILES string of the molecule is Nc1ncc(Cl)c(NC2CCNCC2)c1[N+](=O)[O-]. The van der Waals surface area contributed by atoms with Crippen LogP contribution in [0.1, 0.15) is 12.8 Å². The first-order valence-corrected chi connectivity index (χ1v) is 6.03. The molecule has 0 amide bonds. The van der Waals surface area contributed by atoms with Gasteiger partial charge in [-0.2, -0.15) is 0 Å². The second-order valence-electron chi connectivity index (χ2n) is 4.14. The van der Waals surface area contributed by atoms with E-state index in [1.54, 1.807) is 0 Å². The number of rotatable bonds is 3. The summed E-state index contributed by atoms with van der Waals surface area (Å²) in [5, 5.41) is 17.6. The van der Waals surface area contributed by atoms with Gasteiger partial charge < -0.3 is 16.4 Å². The van der Waals surface area contributed by atoms with Gasteiger partial charge in [-0.05, 0) is 25.9 Å². The summed E-state index contributed by atoms with van der Waals surface area (Å²) in [6.07, 6.45) is 3.10. The number of hydrogen-bond donors (Lipinski definition) is 3. The number of aromatic nitrogens is 1. The van der Waals surface area contributed by atoms with Gasteiger partial charge in [0.15, 0.2) is 0 Å². The van der Waals surface area contributed by atoms with Crippen LogP contribution in [0.15, 0.2) is 6.20 Å². The first-order valence-electron chi connectivity index (χ1n) is 5.65. The summed E-state index contributed by atoms with van der Waals surface area (Å²) >= 11 is 5.96. The quantitative estimate of drug-likeness (QED) is 0.567. The van der Waals surface area contributed by atoms with E-state index in [4.69, 9.17) is 17.3 Å². The number of nitrogens with zero attached hydrogens (tertiary/aromatic N) is 2. The normalized spacial score (nSPS) is 16.5. The Balaban J connectivity index is 2.30. The minimum atomic E-state index is -0.558. The van der Waals surface area contributed by atoms with E-state index in [-0.39, 0.29) is 28.3 Å². The number of nitrogens with two attached hydrogens (primary N) is 1. The lowest BCUT2D eigenvalue weighted by molar-refractivity contribution is -0.383. The molecule has 0 saturated carbocycles. The van der Waals surface area contributed by atoms with Gasteiger partial charge in [0, 0.05) is 6.04 Å². The molecule has 0 radical (unpaired) electrons. The van der Waals surface area contributed by atoms with E-state index in [1.165, 1.54) is 6.20 Å². The van der Waals surface area contributed by atoms with Crippen LogP contribution < -0.4 is 16.4 Å². The van der Waals surface area contributed by atoms with Crippen LogP contribution in [-0.2, 0) is 0 Å². The predicted octanol–water partition coefficient (Wildman–Crippen LogP) is 1.39. The number of nitrogens with one attached hydrogen (secondary N) is 2. The van der Waals surface area contributed by atoms with Crippen molar-refractivity contribution in [3.8, 4) is 0 Å². The third-order valence-corrected chi connectivity index (χ3v) is 3.19. The Kier molecular flexibility index (Phi) is 3.83. The van der Waals surface area contributed by atoms with Crippen molar-refractivity contribution >= 4 is 28.8 Å². The lowest BCUT2D eigenvalue weighted by atomic mass is 10.1.